The van der Waals surface area contributed by atoms with E-state index in [-0.39, 0.29) is 5.78 Å². The smallest absolute Gasteiger partial charge is 0.161 e. The van der Waals surface area contributed by atoms with Gasteiger partial charge in [-0.1, -0.05) is 12.1 Å². The summed E-state index contributed by atoms with van der Waals surface area (Å²) in [5.74, 6) is -0.0871. The number of Topliss-reactive ketones (excluding diaryl/α,β-unsaturated/α-hetero) is 1. The number of nitrogen functional groups attached to an aromatic ring is 1. The number of rotatable bonds is 3. The zero-order chi connectivity index (χ0) is 14.7. The lowest BCUT2D eigenvalue weighted by atomic mass is 10.1. The van der Waals surface area contributed by atoms with Crippen molar-refractivity contribution in [2.24, 2.45) is 0 Å². The predicted molar refractivity (Wildman–Crippen MR) is 80.0 cm³/mol. The third kappa shape index (κ3) is 2.62. The van der Waals surface area contributed by atoms with Crippen molar-refractivity contribution >= 4 is 22.8 Å². The Morgan fingerprint density at radius 2 is 2.05 bits per heavy atom. The number of nitrogens with zero attached hydrogens (tertiary/aromatic N) is 1. The van der Waals surface area contributed by atoms with Crippen LogP contribution in [0.1, 0.15) is 28.4 Å². The first-order valence-corrected chi connectivity index (χ1v) is 6.20. The van der Waals surface area contributed by atoms with E-state index in [2.05, 4.69) is 11.4 Å². The van der Waals surface area contributed by atoms with Crippen molar-refractivity contribution in [1.29, 1.82) is 5.26 Å². The Bertz CT molecular complexity index is 714. The molecular weight excluding hydrogens is 250 g/mol. The van der Waals surface area contributed by atoms with Crippen LogP contribution in [-0.2, 0) is 0 Å². The van der Waals surface area contributed by atoms with E-state index in [1.807, 2.05) is 25.1 Å². The lowest BCUT2D eigenvalue weighted by Gasteiger charge is -2.11. The minimum atomic E-state index is -0.0871. The Labute approximate surface area is 117 Å². The molecule has 0 atom stereocenters. The number of ketones is 1. The summed E-state index contributed by atoms with van der Waals surface area (Å²) in [5, 5.41) is 12.4. The number of hydrogen-bond acceptors (Lipinski definition) is 4. The molecule has 0 unspecified atom stereocenters. The molecule has 100 valence electrons. The van der Waals surface area contributed by atoms with E-state index in [1.54, 1.807) is 18.2 Å². The molecule has 2 rings (SSSR count). The van der Waals surface area contributed by atoms with E-state index in [9.17, 15) is 10.1 Å². The summed E-state index contributed by atoms with van der Waals surface area (Å²) in [6.07, 6.45) is 0. The highest BCUT2D eigenvalue weighted by Gasteiger charge is 2.08. The molecule has 0 saturated carbocycles. The third-order valence-corrected chi connectivity index (χ3v) is 3.10. The molecule has 0 bridgehead atoms. The average Bonchev–Trinajstić information content (AvgIpc) is 2.41. The maximum atomic E-state index is 11.5. The summed E-state index contributed by atoms with van der Waals surface area (Å²) < 4.78 is 0. The fraction of sp³-hybridized carbons (Fsp3) is 0.125. The van der Waals surface area contributed by atoms with Gasteiger partial charge in [0.25, 0.3) is 0 Å². The van der Waals surface area contributed by atoms with Crippen LogP contribution < -0.4 is 11.1 Å². The molecule has 4 nitrogen and oxygen atoms in total. The van der Waals surface area contributed by atoms with Crippen molar-refractivity contribution in [2.75, 3.05) is 11.1 Å². The number of benzene rings is 2. The zero-order valence-corrected chi connectivity index (χ0v) is 11.4. The highest BCUT2D eigenvalue weighted by atomic mass is 16.1. The summed E-state index contributed by atoms with van der Waals surface area (Å²) >= 11 is 0. The number of nitriles is 1. The summed E-state index contributed by atoms with van der Waals surface area (Å²) in [4.78, 5) is 11.5. The van der Waals surface area contributed by atoms with E-state index in [0.717, 1.165) is 11.3 Å². The van der Waals surface area contributed by atoms with Crippen LogP contribution in [0.15, 0.2) is 36.4 Å². The molecule has 0 fully saturated rings. The van der Waals surface area contributed by atoms with Gasteiger partial charge >= 0.3 is 0 Å². The first-order chi connectivity index (χ1) is 9.52. The van der Waals surface area contributed by atoms with E-state index in [0.29, 0.717) is 22.5 Å². The fourth-order valence-corrected chi connectivity index (χ4v) is 2.01. The van der Waals surface area contributed by atoms with Crippen molar-refractivity contribution in [2.45, 2.75) is 13.8 Å². The number of hydrogen-bond donors (Lipinski definition) is 2. The highest BCUT2D eigenvalue weighted by molar-refractivity contribution is 6.00. The van der Waals surface area contributed by atoms with Crippen LogP contribution in [-0.4, -0.2) is 5.78 Å². The van der Waals surface area contributed by atoms with Gasteiger partial charge in [-0.2, -0.15) is 5.26 Å². The van der Waals surface area contributed by atoms with E-state index in [1.165, 1.54) is 6.92 Å². The average molecular weight is 265 g/mol. The van der Waals surface area contributed by atoms with Gasteiger partial charge in [-0.25, -0.2) is 0 Å². The Kier molecular flexibility index (Phi) is 3.72. The normalized spacial score (nSPS) is 9.85. The van der Waals surface area contributed by atoms with E-state index in [4.69, 9.17) is 5.73 Å². The maximum absolute atomic E-state index is 11.5. The summed E-state index contributed by atoms with van der Waals surface area (Å²) in [6.45, 7) is 3.36. The van der Waals surface area contributed by atoms with Crippen LogP contribution in [0.3, 0.4) is 0 Å². The van der Waals surface area contributed by atoms with Crippen molar-refractivity contribution < 1.29 is 4.79 Å². The van der Waals surface area contributed by atoms with Crippen molar-refractivity contribution in [3.05, 3.63) is 53.1 Å². The van der Waals surface area contributed by atoms with Crippen LogP contribution in [0.4, 0.5) is 17.1 Å². The molecule has 20 heavy (non-hydrogen) atoms. The van der Waals surface area contributed by atoms with E-state index >= 15 is 0 Å². The molecule has 3 N–H and O–H groups in total. The zero-order valence-electron chi connectivity index (χ0n) is 11.4. The monoisotopic (exact) mass is 265 g/mol. The molecule has 0 amide bonds. The van der Waals surface area contributed by atoms with Gasteiger partial charge in [-0.05, 0) is 43.7 Å². The van der Waals surface area contributed by atoms with Gasteiger partial charge in [0, 0.05) is 16.9 Å². The molecule has 0 saturated heterocycles. The Morgan fingerprint density at radius 3 is 2.70 bits per heavy atom. The number of anilines is 3. The second kappa shape index (κ2) is 5.45. The van der Waals surface area contributed by atoms with Crippen LogP contribution in [0, 0.1) is 18.3 Å². The molecular formula is C16H15N3O. The Hall–Kier alpha value is -2.80. The molecule has 0 aliphatic heterocycles. The second-order valence-electron chi connectivity index (χ2n) is 4.59. The van der Waals surface area contributed by atoms with Gasteiger partial charge in [-0.3, -0.25) is 4.79 Å². The number of nitrogens with two attached hydrogens (primary N) is 1. The predicted octanol–water partition coefficient (Wildman–Crippen LogP) is 3.40. The summed E-state index contributed by atoms with van der Waals surface area (Å²) in [5.41, 5.74) is 9.62. The van der Waals surface area contributed by atoms with Crippen molar-refractivity contribution in [3.8, 4) is 6.07 Å². The van der Waals surface area contributed by atoms with Gasteiger partial charge in [0.05, 0.1) is 11.3 Å². The molecule has 4 heteroatoms. The molecule has 0 aliphatic rings. The topological polar surface area (TPSA) is 78.9 Å². The first kappa shape index (κ1) is 13.6. The van der Waals surface area contributed by atoms with Gasteiger partial charge in [0.1, 0.15) is 6.07 Å². The molecule has 2 aromatic carbocycles. The SMILES string of the molecule is CC(=O)c1cc(Nc2cccc(C)c2C#N)ccc1N. The number of carbonyl (C=O) groups is 1. The van der Waals surface area contributed by atoms with Crippen molar-refractivity contribution in [3.63, 3.8) is 0 Å². The van der Waals surface area contributed by atoms with Crippen LogP contribution >= 0.6 is 0 Å². The number of aryl methyl sites for hydroxylation is 1. The van der Waals surface area contributed by atoms with Gasteiger partial charge in [0.2, 0.25) is 0 Å². The van der Waals surface area contributed by atoms with Crippen LogP contribution in [0.25, 0.3) is 0 Å². The second-order valence-corrected chi connectivity index (χ2v) is 4.59. The third-order valence-electron chi connectivity index (χ3n) is 3.10. The number of nitrogens with one attached hydrogen (secondary N) is 1. The van der Waals surface area contributed by atoms with Gasteiger partial charge in [-0.15, -0.1) is 0 Å². The Morgan fingerprint density at radius 1 is 1.30 bits per heavy atom. The molecule has 0 radical (unpaired) electrons. The largest absolute Gasteiger partial charge is 0.398 e. The number of carbonyl (C=O) groups excluding carboxylic acids is 1. The lowest BCUT2D eigenvalue weighted by Crippen LogP contribution is -2.02. The standard InChI is InChI=1S/C16H15N3O/c1-10-4-3-5-16(14(10)9-17)19-12-6-7-15(18)13(8-12)11(2)20/h3-8,19H,18H2,1-2H3. The van der Waals surface area contributed by atoms with Gasteiger partial charge in [0.15, 0.2) is 5.78 Å². The minimum Gasteiger partial charge on any atom is -0.398 e. The maximum Gasteiger partial charge on any atom is 0.161 e. The lowest BCUT2D eigenvalue weighted by molar-refractivity contribution is 0.101. The van der Waals surface area contributed by atoms with E-state index < -0.39 is 0 Å². The highest BCUT2D eigenvalue weighted by Crippen LogP contribution is 2.25. The Balaban J connectivity index is 2.41. The molecule has 2 aromatic rings. The summed E-state index contributed by atoms with van der Waals surface area (Å²) in [7, 11) is 0. The van der Waals surface area contributed by atoms with Crippen LogP contribution in [0.5, 0.6) is 0 Å². The molecule has 0 heterocycles. The minimum absolute atomic E-state index is 0.0871. The molecule has 0 aromatic heterocycles. The fourth-order valence-electron chi connectivity index (χ4n) is 2.01. The summed E-state index contributed by atoms with van der Waals surface area (Å²) in [6, 6.07) is 12.9. The molecule has 0 aliphatic carbocycles. The van der Waals surface area contributed by atoms with Crippen molar-refractivity contribution in [1.82, 2.24) is 0 Å². The van der Waals surface area contributed by atoms with Gasteiger partial charge < -0.3 is 11.1 Å². The molecule has 0 spiro atoms. The quantitative estimate of drug-likeness (QED) is 0.658. The van der Waals surface area contributed by atoms with Crippen LogP contribution in [0.2, 0.25) is 0 Å². The first-order valence-electron chi connectivity index (χ1n) is 6.20.